The molecule has 0 aromatic carbocycles. The van der Waals surface area contributed by atoms with Crippen LogP contribution in [0.5, 0.6) is 6.01 Å². The average Bonchev–Trinajstić information content (AvgIpc) is 3.38. The van der Waals surface area contributed by atoms with Crippen LogP contribution in [0.4, 0.5) is 0 Å². The fourth-order valence-corrected chi connectivity index (χ4v) is 3.67. The quantitative estimate of drug-likeness (QED) is 0.660. The number of ether oxygens (including phenoxy) is 1. The first-order valence-corrected chi connectivity index (χ1v) is 10.6. The van der Waals surface area contributed by atoms with Gasteiger partial charge in [-0.15, -0.1) is 5.10 Å². The molecule has 2 aromatic heterocycles. The summed E-state index contributed by atoms with van der Waals surface area (Å²) in [5, 5.41) is 11.0. The Morgan fingerprint density at radius 2 is 1.97 bits per heavy atom. The highest BCUT2D eigenvalue weighted by molar-refractivity contribution is 5.90. The first kappa shape index (κ1) is 22.7. The number of methoxy groups -OCH3 is 1. The number of carbonyl (C=O) groups is 2. The molecule has 0 radical (unpaired) electrons. The summed E-state index contributed by atoms with van der Waals surface area (Å²) in [7, 11) is 4.95. The lowest BCUT2D eigenvalue weighted by Crippen LogP contribution is -2.42. The Bertz CT molecular complexity index is 899. The van der Waals surface area contributed by atoms with Crippen molar-refractivity contribution in [1.82, 2.24) is 35.1 Å². The molecule has 170 valence electrons. The van der Waals surface area contributed by atoms with Gasteiger partial charge >= 0.3 is 6.01 Å². The smallest absolute Gasteiger partial charge is 0.314 e. The number of rotatable bonds is 8. The minimum absolute atomic E-state index is 0.00504. The third kappa shape index (κ3) is 5.59. The van der Waals surface area contributed by atoms with Gasteiger partial charge in [0.05, 0.1) is 7.11 Å². The zero-order valence-electron chi connectivity index (χ0n) is 18.8. The summed E-state index contributed by atoms with van der Waals surface area (Å²) in [6.07, 6.45) is 3.50. The molecule has 0 aliphatic heterocycles. The highest BCUT2D eigenvalue weighted by atomic mass is 16.5. The molecule has 1 fully saturated rings. The van der Waals surface area contributed by atoms with Gasteiger partial charge in [0.15, 0.2) is 5.82 Å². The molecule has 0 atom stereocenters. The van der Waals surface area contributed by atoms with Gasteiger partial charge in [-0.1, -0.05) is 19.0 Å². The lowest BCUT2D eigenvalue weighted by Gasteiger charge is -2.30. The largest absolute Gasteiger partial charge is 0.467 e. The van der Waals surface area contributed by atoms with E-state index < -0.39 is 0 Å². The molecule has 2 aromatic rings. The maximum atomic E-state index is 12.8. The fraction of sp³-hybridized carbons (Fsp3) is 0.700. The topological polar surface area (TPSA) is 128 Å². The number of nitrogens with one attached hydrogen (secondary N) is 1. The molecule has 0 saturated heterocycles. The molecule has 0 bridgehead atoms. The number of hydrogen-bond acceptors (Lipinski definition) is 8. The van der Waals surface area contributed by atoms with Crippen molar-refractivity contribution in [2.75, 3.05) is 20.7 Å². The number of aryl methyl sites for hydroxylation is 1. The molecule has 1 N–H and O–H groups in total. The highest BCUT2D eigenvalue weighted by Gasteiger charge is 2.30. The van der Waals surface area contributed by atoms with Crippen LogP contribution in [0.1, 0.15) is 67.8 Å². The van der Waals surface area contributed by atoms with Crippen molar-refractivity contribution in [3.05, 3.63) is 17.5 Å². The van der Waals surface area contributed by atoms with E-state index in [0.29, 0.717) is 24.7 Å². The maximum Gasteiger partial charge on any atom is 0.314 e. The standard InChI is InChI=1S/C20H31N7O4/c1-12(2)18-22-15(25-31-18)10-11-26(3)19(29)13-6-8-14(9-7-13)21-17(28)16-23-20(30-5)27(4)24-16/h12-14H,6-11H2,1-5H3,(H,21,28). The maximum absolute atomic E-state index is 12.8. The van der Waals surface area contributed by atoms with E-state index in [2.05, 4.69) is 25.5 Å². The number of carbonyl (C=O) groups excluding carboxylic acids is 2. The molecule has 2 heterocycles. The Morgan fingerprint density at radius 3 is 2.55 bits per heavy atom. The molecule has 1 aliphatic carbocycles. The van der Waals surface area contributed by atoms with E-state index in [0.717, 1.165) is 25.7 Å². The van der Waals surface area contributed by atoms with Gasteiger partial charge in [-0.3, -0.25) is 9.59 Å². The minimum Gasteiger partial charge on any atom is -0.467 e. The van der Waals surface area contributed by atoms with Gasteiger partial charge in [0.1, 0.15) is 0 Å². The molecule has 0 unspecified atom stereocenters. The lowest BCUT2D eigenvalue weighted by molar-refractivity contribution is -0.135. The summed E-state index contributed by atoms with van der Waals surface area (Å²) in [6.45, 7) is 4.53. The van der Waals surface area contributed by atoms with Crippen molar-refractivity contribution >= 4 is 11.8 Å². The molecular formula is C20H31N7O4. The van der Waals surface area contributed by atoms with Gasteiger partial charge < -0.3 is 19.5 Å². The summed E-state index contributed by atoms with van der Waals surface area (Å²) in [4.78, 5) is 35.3. The van der Waals surface area contributed by atoms with Gasteiger partial charge in [0.2, 0.25) is 17.6 Å². The summed E-state index contributed by atoms with van der Waals surface area (Å²) >= 11 is 0. The lowest BCUT2D eigenvalue weighted by atomic mass is 9.85. The van der Waals surface area contributed by atoms with E-state index in [1.165, 1.54) is 11.8 Å². The molecule has 11 heteroatoms. The van der Waals surface area contributed by atoms with E-state index in [-0.39, 0.29) is 41.5 Å². The third-order valence-corrected chi connectivity index (χ3v) is 5.55. The van der Waals surface area contributed by atoms with Crippen LogP contribution in [-0.4, -0.2) is 68.4 Å². The first-order chi connectivity index (χ1) is 14.8. The molecule has 0 spiro atoms. The zero-order valence-corrected chi connectivity index (χ0v) is 18.8. The second kappa shape index (κ2) is 9.88. The van der Waals surface area contributed by atoms with E-state index in [9.17, 15) is 9.59 Å². The average molecular weight is 434 g/mol. The Hall–Kier alpha value is -2.98. The molecule has 11 nitrogen and oxygen atoms in total. The first-order valence-electron chi connectivity index (χ1n) is 10.6. The normalized spacial score (nSPS) is 18.8. The Morgan fingerprint density at radius 1 is 1.26 bits per heavy atom. The Balaban J connectivity index is 1.43. The van der Waals surface area contributed by atoms with Crippen LogP contribution in [0, 0.1) is 5.92 Å². The molecule has 31 heavy (non-hydrogen) atoms. The van der Waals surface area contributed by atoms with E-state index in [4.69, 9.17) is 9.26 Å². The van der Waals surface area contributed by atoms with E-state index in [1.807, 2.05) is 13.8 Å². The van der Waals surface area contributed by atoms with Crippen LogP contribution in [0.15, 0.2) is 4.52 Å². The van der Waals surface area contributed by atoms with Crippen LogP contribution in [0.3, 0.4) is 0 Å². The van der Waals surface area contributed by atoms with Crippen LogP contribution < -0.4 is 10.1 Å². The second-order valence-electron chi connectivity index (χ2n) is 8.28. The number of likely N-dealkylation sites (N-methyl/N-ethyl adjacent to an activating group) is 1. The summed E-state index contributed by atoms with van der Waals surface area (Å²) < 4.78 is 11.7. The van der Waals surface area contributed by atoms with Crippen LogP contribution in [0.25, 0.3) is 0 Å². The number of aromatic nitrogens is 5. The molecular weight excluding hydrogens is 402 g/mol. The van der Waals surface area contributed by atoms with Crippen molar-refractivity contribution in [2.24, 2.45) is 13.0 Å². The van der Waals surface area contributed by atoms with Crippen molar-refractivity contribution in [3.8, 4) is 6.01 Å². The van der Waals surface area contributed by atoms with Gasteiger partial charge in [0.25, 0.3) is 5.91 Å². The number of hydrogen-bond donors (Lipinski definition) is 1. The fourth-order valence-electron chi connectivity index (χ4n) is 3.67. The Kier molecular flexibility index (Phi) is 7.24. The van der Waals surface area contributed by atoms with Gasteiger partial charge in [0, 0.05) is 44.9 Å². The second-order valence-corrected chi connectivity index (χ2v) is 8.28. The van der Waals surface area contributed by atoms with Crippen molar-refractivity contribution in [1.29, 1.82) is 0 Å². The minimum atomic E-state index is -0.327. The van der Waals surface area contributed by atoms with Crippen LogP contribution >= 0.6 is 0 Å². The summed E-state index contributed by atoms with van der Waals surface area (Å²) in [6, 6.07) is 0.286. The van der Waals surface area contributed by atoms with Crippen molar-refractivity contribution in [2.45, 2.75) is 57.9 Å². The highest BCUT2D eigenvalue weighted by Crippen LogP contribution is 2.26. The van der Waals surface area contributed by atoms with E-state index in [1.54, 1.807) is 19.0 Å². The predicted molar refractivity (Wildman–Crippen MR) is 110 cm³/mol. The number of amides is 2. The van der Waals surface area contributed by atoms with E-state index >= 15 is 0 Å². The summed E-state index contributed by atoms with van der Waals surface area (Å²) in [5.74, 6) is 1.26. The SMILES string of the molecule is COc1nc(C(=O)NC2CCC(C(=O)N(C)CCc3noc(C(C)C)n3)CC2)nn1C. The van der Waals surface area contributed by atoms with Crippen molar-refractivity contribution in [3.63, 3.8) is 0 Å². The molecule has 1 aliphatic rings. The monoisotopic (exact) mass is 433 g/mol. The van der Waals surface area contributed by atoms with Gasteiger partial charge in [-0.25, -0.2) is 4.68 Å². The van der Waals surface area contributed by atoms with Crippen LogP contribution in [0.2, 0.25) is 0 Å². The zero-order chi connectivity index (χ0) is 22.5. The summed E-state index contributed by atoms with van der Waals surface area (Å²) in [5.41, 5.74) is 0. The third-order valence-electron chi connectivity index (χ3n) is 5.55. The molecule has 3 rings (SSSR count). The van der Waals surface area contributed by atoms with Gasteiger partial charge in [-0.05, 0) is 25.7 Å². The van der Waals surface area contributed by atoms with Crippen LogP contribution in [-0.2, 0) is 18.3 Å². The Labute approximate surface area is 181 Å². The predicted octanol–water partition coefficient (Wildman–Crippen LogP) is 1.32. The molecule has 1 saturated carbocycles. The molecule has 2 amide bonds. The van der Waals surface area contributed by atoms with Gasteiger partial charge in [-0.2, -0.15) is 9.97 Å². The number of nitrogens with zero attached hydrogens (tertiary/aromatic N) is 6. The van der Waals surface area contributed by atoms with Crippen molar-refractivity contribution < 1.29 is 18.8 Å².